The second-order valence-electron chi connectivity index (χ2n) is 9.06. The number of benzene rings is 1. The Kier molecular flexibility index (Phi) is 12.5. The number of allylic oxidation sites excluding steroid dienone is 4. The van der Waals surface area contributed by atoms with E-state index in [9.17, 15) is 23.5 Å². The lowest BCUT2D eigenvalue weighted by molar-refractivity contribution is 0.0921. The predicted octanol–water partition coefficient (Wildman–Crippen LogP) is 4.75. The van der Waals surface area contributed by atoms with Crippen LogP contribution in [-0.4, -0.2) is 63.2 Å². The molecule has 1 aliphatic rings. The van der Waals surface area contributed by atoms with Crippen LogP contribution in [-0.2, 0) is 17.7 Å². The Labute approximate surface area is 227 Å². The molecule has 1 unspecified atom stereocenters. The molecule has 0 saturated heterocycles. The molecule has 1 aromatic carbocycles. The van der Waals surface area contributed by atoms with Crippen LogP contribution in [0.5, 0.6) is 0 Å². The Bertz CT molecular complexity index is 1210. The van der Waals surface area contributed by atoms with Crippen molar-refractivity contribution in [3.05, 3.63) is 77.3 Å². The molecule has 0 spiro atoms. The molecule has 2 aromatic rings. The summed E-state index contributed by atoms with van der Waals surface area (Å²) in [5.74, 6) is -0.765. The molecule has 2 amide bonds. The van der Waals surface area contributed by atoms with E-state index < -0.39 is 24.5 Å². The zero-order valence-electron chi connectivity index (χ0n) is 22.9. The first-order valence-corrected chi connectivity index (χ1v) is 12.8. The van der Waals surface area contributed by atoms with Crippen LogP contribution in [0.25, 0.3) is 5.57 Å². The van der Waals surface area contributed by atoms with Gasteiger partial charge >= 0.3 is 6.09 Å². The van der Waals surface area contributed by atoms with E-state index in [0.717, 1.165) is 5.57 Å². The number of hydrogen-bond acceptors (Lipinski definition) is 6. The number of nitrogens with zero attached hydrogens (tertiary/aromatic N) is 4. The quantitative estimate of drug-likeness (QED) is 0.440. The Balaban J connectivity index is 0.00000170. The molecule has 212 valence electrons. The van der Waals surface area contributed by atoms with E-state index in [1.165, 1.54) is 29.8 Å². The van der Waals surface area contributed by atoms with Gasteiger partial charge in [0.1, 0.15) is 25.4 Å². The average Bonchev–Trinajstić information content (AvgIpc) is 3.41. The number of aromatic nitrogens is 3. The molecule has 11 heteroatoms. The molecular weight excluding hydrogens is 508 g/mol. The van der Waals surface area contributed by atoms with Crippen molar-refractivity contribution in [1.82, 2.24) is 25.0 Å². The van der Waals surface area contributed by atoms with Crippen molar-refractivity contribution in [2.45, 2.75) is 53.1 Å². The Morgan fingerprint density at radius 2 is 2.03 bits per heavy atom. The van der Waals surface area contributed by atoms with Gasteiger partial charge in [-0.1, -0.05) is 39.0 Å². The van der Waals surface area contributed by atoms with Gasteiger partial charge in [0.2, 0.25) is 0 Å². The first-order valence-electron chi connectivity index (χ1n) is 12.8. The number of fused-ring (bicyclic) bond motifs is 1. The molecule has 39 heavy (non-hydrogen) atoms. The lowest BCUT2D eigenvalue weighted by Crippen LogP contribution is -2.37. The molecule has 2 N–H and O–H groups in total. The number of aliphatic hydroxyl groups is 1. The summed E-state index contributed by atoms with van der Waals surface area (Å²) in [5, 5.41) is 19.9. The van der Waals surface area contributed by atoms with Gasteiger partial charge in [0.05, 0.1) is 18.2 Å². The van der Waals surface area contributed by atoms with Gasteiger partial charge in [-0.15, -0.1) is 10.2 Å². The van der Waals surface area contributed by atoms with Crippen LogP contribution in [0.15, 0.2) is 49.0 Å². The smallest absolute Gasteiger partial charge is 0.410 e. The van der Waals surface area contributed by atoms with Crippen LogP contribution < -0.4 is 5.32 Å². The van der Waals surface area contributed by atoms with Gasteiger partial charge in [0.25, 0.3) is 5.91 Å². The topological polar surface area (TPSA) is 110 Å². The van der Waals surface area contributed by atoms with Crippen molar-refractivity contribution in [2.24, 2.45) is 0 Å². The summed E-state index contributed by atoms with van der Waals surface area (Å²) in [5.41, 5.74) is 2.15. The van der Waals surface area contributed by atoms with Crippen molar-refractivity contribution in [3.63, 3.8) is 0 Å². The number of amides is 2. The lowest BCUT2D eigenvalue weighted by atomic mass is 9.96. The molecule has 0 fully saturated rings. The van der Waals surface area contributed by atoms with E-state index in [1.54, 1.807) is 22.8 Å². The SMILES string of the molecule is C=C(/C=C\C=C(/C)c1nncn1C(C)CO)NC(=O)c1cc2c(cc1F)CCN(C(=O)OCCF)C2.CCC. The molecule has 1 aromatic heterocycles. The van der Waals surface area contributed by atoms with E-state index in [1.807, 2.05) is 13.8 Å². The summed E-state index contributed by atoms with van der Waals surface area (Å²) in [6.07, 6.45) is 7.49. The average molecular weight is 546 g/mol. The number of aliphatic hydroxyl groups excluding tert-OH is 1. The fourth-order valence-corrected chi connectivity index (χ4v) is 3.70. The number of hydrogen-bond donors (Lipinski definition) is 2. The zero-order chi connectivity index (χ0) is 28.9. The van der Waals surface area contributed by atoms with Gasteiger partial charge in [-0.2, -0.15) is 0 Å². The minimum absolute atomic E-state index is 0.0580. The monoisotopic (exact) mass is 545 g/mol. The van der Waals surface area contributed by atoms with Gasteiger partial charge in [-0.05, 0) is 55.2 Å². The maximum Gasteiger partial charge on any atom is 0.410 e. The molecular formula is C28H37F2N5O4. The third-order valence-corrected chi connectivity index (χ3v) is 5.69. The van der Waals surface area contributed by atoms with Crippen LogP contribution in [0.1, 0.15) is 67.5 Å². The summed E-state index contributed by atoms with van der Waals surface area (Å²) in [6.45, 7) is 11.0. The second-order valence-corrected chi connectivity index (χ2v) is 9.06. The highest BCUT2D eigenvalue weighted by Crippen LogP contribution is 2.23. The summed E-state index contributed by atoms with van der Waals surface area (Å²) < 4.78 is 33.5. The highest BCUT2D eigenvalue weighted by Gasteiger charge is 2.25. The highest BCUT2D eigenvalue weighted by molar-refractivity contribution is 5.96. The maximum absolute atomic E-state index is 14.6. The molecule has 0 saturated carbocycles. The standard InChI is InChI=1S/C25H29F2N5O4.C3H8/c1-16(23-30-28-15-32(23)18(3)14-33)5-4-6-17(2)29-24(34)21-11-20-13-31(25(35)36-10-8-26)9-7-19(20)12-22(21)27;1-3-2/h4-6,11-12,15,18,33H,2,7-10,13-14H2,1,3H3,(H,29,34);3H2,1-2H3/b6-4-,16-5+;. The first kappa shape index (κ1) is 31.4. The maximum atomic E-state index is 14.6. The molecule has 0 aliphatic carbocycles. The fraction of sp³-hybridized carbons (Fsp3) is 0.429. The Hall–Kier alpha value is -3.86. The van der Waals surface area contributed by atoms with E-state index in [4.69, 9.17) is 4.74 Å². The second kappa shape index (κ2) is 15.5. The molecule has 1 atom stereocenters. The third kappa shape index (κ3) is 8.85. The first-order chi connectivity index (χ1) is 18.7. The van der Waals surface area contributed by atoms with Crippen LogP contribution in [0.2, 0.25) is 0 Å². The number of carbonyl (C=O) groups excluding carboxylic acids is 2. The summed E-state index contributed by atoms with van der Waals surface area (Å²) in [6, 6.07) is 2.52. The molecule has 0 radical (unpaired) electrons. The summed E-state index contributed by atoms with van der Waals surface area (Å²) in [7, 11) is 0. The van der Waals surface area contributed by atoms with Gasteiger partial charge in [0.15, 0.2) is 5.82 Å². The molecule has 2 heterocycles. The van der Waals surface area contributed by atoms with Crippen molar-refractivity contribution < 1.29 is 28.2 Å². The lowest BCUT2D eigenvalue weighted by Gasteiger charge is -2.28. The minimum atomic E-state index is -0.774. The molecule has 3 rings (SSSR count). The molecule has 0 bridgehead atoms. The number of alkyl halides is 1. The minimum Gasteiger partial charge on any atom is -0.447 e. The third-order valence-electron chi connectivity index (χ3n) is 5.69. The van der Waals surface area contributed by atoms with Crippen LogP contribution >= 0.6 is 0 Å². The van der Waals surface area contributed by atoms with Crippen LogP contribution in [0.4, 0.5) is 13.6 Å². The van der Waals surface area contributed by atoms with Gasteiger partial charge < -0.3 is 24.6 Å². The largest absolute Gasteiger partial charge is 0.447 e. The number of nitrogens with one attached hydrogen (secondary N) is 1. The number of ether oxygens (including phenoxy) is 1. The van der Waals surface area contributed by atoms with Crippen molar-refractivity contribution in [2.75, 3.05) is 26.4 Å². The van der Waals surface area contributed by atoms with Crippen molar-refractivity contribution in [3.8, 4) is 0 Å². The zero-order valence-corrected chi connectivity index (χ0v) is 22.9. The van der Waals surface area contributed by atoms with Crippen molar-refractivity contribution >= 4 is 17.6 Å². The van der Waals surface area contributed by atoms with Gasteiger partial charge in [0, 0.05) is 18.8 Å². The van der Waals surface area contributed by atoms with E-state index in [0.29, 0.717) is 29.9 Å². The number of halogens is 2. The van der Waals surface area contributed by atoms with Crippen LogP contribution in [0.3, 0.4) is 0 Å². The Morgan fingerprint density at radius 3 is 2.69 bits per heavy atom. The van der Waals surface area contributed by atoms with E-state index >= 15 is 0 Å². The van der Waals surface area contributed by atoms with E-state index in [-0.39, 0.29) is 37.1 Å². The van der Waals surface area contributed by atoms with Gasteiger partial charge in [-0.25, -0.2) is 13.6 Å². The molecule has 9 nitrogen and oxygen atoms in total. The predicted molar refractivity (Wildman–Crippen MR) is 145 cm³/mol. The fourth-order valence-electron chi connectivity index (χ4n) is 3.70. The normalized spacial score (nSPS) is 13.8. The molecule has 1 aliphatic heterocycles. The Morgan fingerprint density at radius 1 is 1.31 bits per heavy atom. The summed E-state index contributed by atoms with van der Waals surface area (Å²) in [4.78, 5) is 26.1. The summed E-state index contributed by atoms with van der Waals surface area (Å²) >= 11 is 0. The highest BCUT2D eigenvalue weighted by atomic mass is 19.1. The van der Waals surface area contributed by atoms with Gasteiger partial charge in [-0.3, -0.25) is 4.79 Å². The number of rotatable bonds is 9. The number of carbonyl (C=O) groups is 2. The van der Waals surface area contributed by atoms with Crippen molar-refractivity contribution in [1.29, 1.82) is 0 Å². The van der Waals surface area contributed by atoms with Crippen LogP contribution in [0, 0.1) is 5.82 Å². The van der Waals surface area contributed by atoms with E-state index in [2.05, 4.69) is 35.9 Å².